The lowest BCUT2D eigenvalue weighted by atomic mass is 9.99. The Kier molecular flexibility index (Phi) is 7.40. The standard InChI is InChI=1S/C16H23NO3/c1-3-17(13-18)12-15(16(19)20-4-2)11-10-14-8-6-5-7-9-14/h5-9,13,15H,3-4,10-12H2,1-2H3. The molecule has 0 saturated heterocycles. The molecule has 4 nitrogen and oxygen atoms in total. The predicted octanol–water partition coefficient (Wildman–Crippen LogP) is 2.28. The molecular formula is C16H23NO3. The minimum absolute atomic E-state index is 0.219. The van der Waals surface area contributed by atoms with Crippen molar-refractivity contribution in [3.05, 3.63) is 35.9 Å². The van der Waals surface area contributed by atoms with Crippen LogP contribution >= 0.6 is 0 Å². The fourth-order valence-corrected chi connectivity index (χ4v) is 2.06. The van der Waals surface area contributed by atoms with E-state index in [0.29, 0.717) is 26.1 Å². The molecule has 0 aliphatic carbocycles. The molecule has 1 aromatic carbocycles. The fraction of sp³-hybridized carbons (Fsp3) is 0.500. The van der Waals surface area contributed by atoms with Gasteiger partial charge in [0.05, 0.1) is 12.5 Å². The molecule has 1 unspecified atom stereocenters. The molecule has 0 aliphatic heterocycles. The van der Waals surface area contributed by atoms with Gasteiger partial charge in [-0.1, -0.05) is 30.3 Å². The van der Waals surface area contributed by atoms with Crippen LogP contribution in [0.1, 0.15) is 25.8 Å². The van der Waals surface area contributed by atoms with E-state index in [0.717, 1.165) is 12.8 Å². The van der Waals surface area contributed by atoms with Crippen molar-refractivity contribution in [2.45, 2.75) is 26.7 Å². The number of benzene rings is 1. The van der Waals surface area contributed by atoms with E-state index in [1.807, 2.05) is 37.3 Å². The summed E-state index contributed by atoms with van der Waals surface area (Å²) in [7, 11) is 0. The van der Waals surface area contributed by atoms with E-state index in [1.165, 1.54) is 5.56 Å². The van der Waals surface area contributed by atoms with Crippen LogP contribution in [0.2, 0.25) is 0 Å². The second-order valence-corrected chi connectivity index (χ2v) is 4.67. The predicted molar refractivity (Wildman–Crippen MR) is 78.2 cm³/mol. The highest BCUT2D eigenvalue weighted by Gasteiger charge is 2.21. The average molecular weight is 277 g/mol. The van der Waals surface area contributed by atoms with Crippen molar-refractivity contribution >= 4 is 12.4 Å². The first kappa shape index (κ1) is 16.2. The zero-order valence-corrected chi connectivity index (χ0v) is 12.2. The Morgan fingerprint density at radius 3 is 2.55 bits per heavy atom. The summed E-state index contributed by atoms with van der Waals surface area (Å²) in [5, 5.41) is 0. The largest absolute Gasteiger partial charge is 0.466 e. The van der Waals surface area contributed by atoms with Gasteiger partial charge in [0.1, 0.15) is 0 Å². The highest BCUT2D eigenvalue weighted by molar-refractivity contribution is 5.73. The molecule has 0 heterocycles. The summed E-state index contributed by atoms with van der Waals surface area (Å²) in [6.45, 7) is 5.08. The molecule has 0 spiro atoms. The van der Waals surface area contributed by atoms with Crippen molar-refractivity contribution in [1.82, 2.24) is 4.90 Å². The van der Waals surface area contributed by atoms with Gasteiger partial charge in [0, 0.05) is 13.1 Å². The number of aryl methyl sites for hydroxylation is 1. The number of rotatable bonds is 9. The molecule has 1 rings (SSSR count). The van der Waals surface area contributed by atoms with Gasteiger partial charge in [-0.15, -0.1) is 0 Å². The van der Waals surface area contributed by atoms with Gasteiger partial charge < -0.3 is 9.64 Å². The smallest absolute Gasteiger partial charge is 0.310 e. The van der Waals surface area contributed by atoms with E-state index in [4.69, 9.17) is 4.74 Å². The van der Waals surface area contributed by atoms with Crippen LogP contribution in [0, 0.1) is 5.92 Å². The SMILES string of the molecule is CCOC(=O)C(CCc1ccccc1)CN(C=O)CC. The van der Waals surface area contributed by atoms with Crippen LogP contribution in [-0.2, 0) is 20.7 Å². The van der Waals surface area contributed by atoms with Crippen molar-refractivity contribution in [1.29, 1.82) is 0 Å². The number of carbonyl (C=O) groups is 2. The molecule has 1 amide bonds. The molecule has 4 heteroatoms. The molecule has 1 aromatic rings. The Labute approximate surface area is 120 Å². The van der Waals surface area contributed by atoms with Gasteiger partial charge in [-0.25, -0.2) is 0 Å². The van der Waals surface area contributed by atoms with Crippen LogP contribution in [0.15, 0.2) is 30.3 Å². The summed E-state index contributed by atoms with van der Waals surface area (Å²) in [5.74, 6) is -0.482. The van der Waals surface area contributed by atoms with Crippen LogP contribution in [0.4, 0.5) is 0 Å². The summed E-state index contributed by atoms with van der Waals surface area (Å²) in [4.78, 5) is 24.5. The molecule has 1 atom stereocenters. The molecular weight excluding hydrogens is 254 g/mol. The van der Waals surface area contributed by atoms with Crippen molar-refractivity contribution < 1.29 is 14.3 Å². The first-order valence-corrected chi connectivity index (χ1v) is 7.11. The van der Waals surface area contributed by atoms with Crippen LogP contribution in [0.3, 0.4) is 0 Å². The van der Waals surface area contributed by atoms with E-state index in [1.54, 1.807) is 11.8 Å². The zero-order chi connectivity index (χ0) is 14.8. The van der Waals surface area contributed by atoms with Gasteiger partial charge in [0.25, 0.3) is 0 Å². The van der Waals surface area contributed by atoms with E-state index < -0.39 is 0 Å². The maximum atomic E-state index is 12.0. The molecule has 0 N–H and O–H groups in total. The summed E-state index contributed by atoms with van der Waals surface area (Å²) in [5.41, 5.74) is 1.19. The number of carbonyl (C=O) groups excluding carboxylic acids is 2. The zero-order valence-electron chi connectivity index (χ0n) is 12.2. The number of hydrogen-bond donors (Lipinski definition) is 0. The molecule has 20 heavy (non-hydrogen) atoms. The lowest BCUT2D eigenvalue weighted by Crippen LogP contribution is -2.33. The number of nitrogens with zero attached hydrogens (tertiary/aromatic N) is 1. The van der Waals surface area contributed by atoms with Gasteiger partial charge in [0.15, 0.2) is 0 Å². The lowest BCUT2D eigenvalue weighted by Gasteiger charge is -2.22. The van der Waals surface area contributed by atoms with Crippen LogP contribution in [0.5, 0.6) is 0 Å². The third kappa shape index (κ3) is 5.43. The highest BCUT2D eigenvalue weighted by atomic mass is 16.5. The fourth-order valence-electron chi connectivity index (χ4n) is 2.06. The van der Waals surface area contributed by atoms with Gasteiger partial charge in [0.2, 0.25) is 6.41 Å². The van der Waals surface area contributed by atoms with Crippen molar-refractivity contribution in [3.63, 3.8) is 0 Å². The third-order valence-corrected chi connectivity index (χ3v) is 3.25. The first-order valence-electron chi connectivity index (χ1n) is 7.11. The molecule has 0 radical (unpaired) electrons. The van der Waals surface area contributed by atoms with Crippen molar-refractivity contribution in [2.24, 2.45) is 5.92 Å². The summed E-state index contributed by atoms with van der Waals surface area (Å²) >= 11 is 0. The summed E-state index contributed by atoms with van der Waals surface area (Å²) in [6.07, 6.45) is 2.28. The molecule has 0 aromatic heterocycles. The van der Waals surface area contributed by atoms with Crippen molar-refractivity contribution in [3.8, 4) is 0 Å². The lowest BCUT2D eigenvalue weighted by molar-refractivity contribution is -0.149. The Balaban J connectivity index is 2.62. The monoisotopic (exact) mass is 277 g/mol. The van der Waals surface area contributed by atoms with Crippen molar-refractivity contribution in [2.75, 3.05) is 19.7 Å². The normalized spacial score (nSPS) is 11.7. The second kappa shape index (κ2) is 9.13. The Bertz CT molecular complexity index is 405. The average Bonchev–Trinajstić information content (AvgIpc) is 2.49. The number of hydrogen-bond acceptors (Lipinski definition) is 3. The van der Waals surface area contributed by atoms with E-state index in [9.17, 15) is 9.59 Å². The minimum atomic E-state index is -0.264. The number of ether oxygens (including phenoxy) is 1. The van der Waals surface area contributed by atoms with E-state index >= 15 is 0 Å². The third-order valence-electron chi connectivity index (χ3n) is 3.25. The molecule has 110 valence electrons. The van der Waals surface area contributed by atoms with E-state index in [-0.39, 0.29) is 11.9 Å². The van der Waals surface area contributed by atoms with Gasteiger partial charge in [-0.3, -0.25) is 9.59 Å². The Morgan fingerprint density at radius 2 is 2.00 bits per heavy atom. The first-order chi connectivity index (χ1) is 9.71. The van der Waals surface area contributed by atoms with Gasteiger partial charge >= 0.3 is 5.97 Å². The van der Waals surface area contributed by atoms with Crippen LogP contribution in [-0.4, -0.2) is 37.0 Å². The maximum Gasteiger partial charge on any atom is 0.310 e. The maximum absolute atomic E-state index is 12.0. The van der Waals surface area contributed by atoms with Crippen LogP contribution < -0.4 is 0 Å². The van der Waals surface area contributed by atoms with Gasteiger partial charge in [-0.2, -0.15) is 0 Å². The Hall–Kier alpha value is -1.84. The number of amides is 1. The topological polar surface area (TPSA) is 46.6 Å². The second-order valence-electron chi connectivity index (χ2n) is 4.67. The molecule has 0 aliphatic rings. The number of esters is 1. The quantitative estimate of drug-likeness (QED) is 0.514. The van der Waals surface area contributed by atoms with Gasteiger partial charge in [-0.05, 0) is 32.3 Å². The molecule has 0 bridgehead atoms. The molecule has 0 fully saturated rings. The van der Waals surface area contributed by atoms with E-state index in [2.05, 4.69) is 0 Å². The Morgan fingerprint density at radius 1 is 1.30 bits per heavy atom. The summed E-state index contributed by atoms with van der Waals surface area (Å²) in [6, 6.07) is 10.0. The minimum Gasteiger partial charge on any atom is -0.466 e. The summed E-state index contributed by atoms with van der Waals surface area (Å²) < 4.78 is 5.10. The molecule has 0 saturated carbocycles. The highest BCUT2D eigenvalue weighted by Crippen LogP contribution is 2.13. The van der Waals surface area contributed by atoms with Crippen LogP contribution in [0.25, 0.3) is 0 Å².